The van der Waals surface area contributed by atoms with E-state index in [2.05, 4.69) is 40.1 Å². The third-order valence-electron chi connectivity index (χ3n) is 5.11. The van der Waals surface area contributed by atoms with E-state index in [4.69, 9.17) is 5.73 Å². The summed E-state index contributed by atoms with van der Waals surface area (Å²) in [5, 5.41) is 0. The molecule has 2 aliphatic rings. The Morgan fingerprint density at radius 1 is 1.04 bits per heavy atom. The van der Waals surface area contributed by atoms with Crippen molar-refractivity contribution in [2.24, 2.45) is 5.73 Å². The molecule has 0 aromatic heterocycles. The monoisotopic (exact) mass is 388 g/mol. The number of para-hydroxylation sites is 1. The zero-order chi connectivity index (χ0) is 16.1. The van der Waals surface area contributed by atoms with E-state index in [9.17, 15) is 4.79 Å². The molecule has 0 bridgehead atoms. The van der Waals surface area contributed by atoms with Gasteiger partial charge in [0, 0.05) is 64.0 Å². The van der Waals surface area contributed by atoms with Crippen LogP contribution in [0.4, 0.5) is 5.69 Å². The molecule has 0 aliphatic carbocycles. The highest BCUT2D eigenvalue weighted by Crippen LogP contribution is 2.18. The maximum Gasteiger partial charge on any atom is 0.224 e. The van der Waals surface area contributed by atoms with E-state index in [0.29, 0.717) is 13.0 Å². The van der Waals surface area contributed by atoms with Gasteiger partial charge in [0.15, 0.2) is 0 Å². The van der Waals surface area contributed by atoms with E-state index in [-0.39, 0.29) is 36.8 Å². The van der Waals surface area contributed by atoms with Crippen LogP contribution in [0, 0.1) is 0 Å². The minimum absolute atomic E-state index is 0. The average molecular weight is 389 g/mol. The molecule has 0 saturated carbocycles. The predicted octanol–water partition coefficient (Wildman–Crippen LogP) is 1.99. The first-order valence-corrected chi connectivity index (χ1v) is 8.80. The number of carbonyl (C=O) groups excluding carboxylic acids is 1. The van der Waals surface area contributed by atoms with Crippen LogP contribution >= 0.6 is 24.8 Å². The van der Waals surface area contributed by atoms with Crippen molar-refractivity contribution in [3.05, 3.63) is 30.3 Å². The molecule has 2 heterocycles. The van der Waals surface area contributed by atoms with E-state index in [1.165, 1.54) is 5.69 Å². The quantitative estimate of drug-likeness (QED) is 0.837. The third-order valence-corrected chi connectivity index (χ3v) is 5.11. The molecule has 2 aliphatic heterocycles. The second-order valence-electron chi connectivity index (χ2n) is 6.53. The van der Waals surface area contributed by atoms with Gasteiger partial charge in [-0.1, -0.05) is 18.2 Å². The number of nitrogens with two attached hydrogens (primary N) is 1. The molecular weight excluding hydrogens is 359 g/mol. The van der Waals surface area contributed by atoms with Crippen LogP contribution in [0.2, 0.25) is 0 Å². The van der Waals surface area contributed by atoms with Gasteiger partial charge < -0.3 is 15.5 Å². The van der Waals surface area contributed by atoms with Crippen LogP contribution in [-0.2, 0) is 4.79 Å². The van der Waals surface area contributed by atoms with Crippen molar-refractivity contribution in [1.82, 2.24) is 9.80 Å². The molecule has 0 radical (unpaired) electrons. The average Bonchev–Trinajstić information content (AvgIpc) is 3.10. The molecule has 1 aromatic rings. The van der Waals surface area contributed by atoms with Crippen LogP contribution in [0.1, 0.15) is 19.3 Å². The lowest BCUT2D eigenvalue weighted by molar-refractivity contribution is -0.132. The van der Waals surface area contributed by atoms with Crippen LogP contribution in [0.3, 0.4) is 0 Å². The number of benzene rings is 1. The summed E-state index contributed by atoms with van der Waals surface area (Å²) in [6, 6.07) is 10.8. The van der Waals surface area contributed by atoms with Gasteiger partial charge in [-0.25, -0.2) is 0 Å². The Morgan fingerprint density at radius 2 is 1.72 bits per heavy atom. The van der Waals surface area contributed by atoms with E-state index in [1.807, 2.05) is 4.90 Å². The number of amides is 1. The standard InChI is InChI=1S/C18H28N4O.2ClH/c19-15-17-7-4-9-22(17)18(23)8-10-20-11-13-21(14-12-20)16-5-2-1-3-6-16;;/h1-3,5-6,17H,4,7-15,19H2;2*1H. The Kier molecular flexibility index (Phi) is 9.57. The summed E-state index contributed by atoms with van der Waals surface area (Å²) in [5.41, 5.74) is 7.06. The highest BCUT2D eigenvalue weighted by Gasteiger charge is 2.27. The summed E-state index contributed by atoms with van der Waals surface area (Å²) in [4.78, 5) is 19.2. The van der Waals surface area contributed by atoms with E-state index in [0.717, 1.165) is 52.1 Å². The summed E-state index contributed by atoms with van der Waals surface area (Å²) in [5.74, 6) is 0.281. The Hall–Kier alpha value is -1.01. The fourth-order valence-electron chi connectivity index (χ4n) is 3.67. The van der Waals surface area contributed by atoms with Gasteiger partial charge in [0.05, 0.1) is 0 Å². The molecule has 7 heteroatoms. The fraction of sp³-hybridized carbons (Fsp3) is 0.611. The summed E-state index contributed by atoms with van der Waals surface area (Å²) < 4.78 is 0. The molecule has 1 amide bonds. The molecule has 25 heavy (non-hydrogen) atoms. The van der Waals surface area contributed by atoms with Crippen LogP contribution in [-0.4, -0.2) is 67.6 Å². The Balaban J connectivity index is 0.00000156. The minimum atomic E-state index is 0. The van der Waals surface area contributed by atoms with Crippen molar-refractivity contribution >= 4 is 36.4 Å². The summed E-state index contributed by atoms with van der Waals surface area (Å²) in [6.45, 7) is 6.49. The smallest absolute Gasteiger partial charge is 0.224 e. The first-order chi connectivity index (χ1) is 11.3. The fourth-order valence-corrected chi connectivity index (χ4v) is 3.67. The number of rotatable bonds is 5. The van der Waals surface area contributed by atoms with Gasteiger partial charge in [0.25, 0.3) is 0 Å². The van der Waals surface area contributed by atoms with Gasteiger partial charge in [0.1, 0.15) is 0 Å². The lowest BCUT2D eigenvalue weighted by atomic mass is 10.2. The van der Waals surface area contributed by atoms with Gasteiger partial charge in [-0.3, -0.25) is 9.69 Å². The van der Waals surface area contributed by atoms with Gasteiger partial charge >= 0.3 is 0 Å². The number of hydrogen-bond acceptors (Lipinski definition) is 4. The largest absolute Gasteiger partial charge is 0.369 e. The normalized spacial score (nSPS) is 20.8. The maximum atomic E-state index is 12.4. The Morgan fingerprint density at radius 3 is 2.36 bits per heavy atom. The molecule has 1 unspecified atom stereocenters. The Labute approximate surface area is 163 Å². The van der Waals surface area contributed by atoms with Crippen molar-refractivity contribution in [3.63, 3.8) is 0 Å². The van der Waals surface area contributed by atoms with Crippen LogP contribution in [0.15, 0.2) is 30.3 Å². The molecule has 2 N–H and O–H groups in total. The first-order valence-electron chi connectivity index (χ1n) is 8.80. The molecule has 2 saturated heterocycles. The second-order valence-corrected chi connectivity index (χ2v) is 6.53. The van der Waals surface area contributed by atoms with Crippen LogP contribution in [0.25, 0.3) is 0 Å². The van der Waals surface area contributed by atoms with Crippen LogP contribution in [0.5, 0.6) is 0 Å². The zero-order valence-corrected chi connectivity index (χ0v) is 16.3. The van der Waals surface area contributed by atoms with Gasteiger partial charge in [-0.2, -0.15) is 0 Å². The number of likely N-dealkylation sites (tertiary alicyclic amines) is 1. The molecule has 1 aromatic carbocycles. The number of piperazine rings is 1. The predicted molar refractivity (Wildman–Crippen MR) is 108 cm³/mol. The summed E-state index contributed by atoms with van der Waals surface area (Å²) in [7, 11) is 0. The van der Waals surface area contributed by atoms with Crippen molar-refractivity contribution in [2.45, 2.75) is 25.3 Å². The topological polar surface area (TPSA) is 52.8 Å². The number of nitrogens with zero attached hydrogens (tertiary/aromatic N) is 3. The zero-order valence-electron chi connectivity index (χ0n) is 14.7. The molecule has 5 nitrogen and oxygen atoms in total. The van der Waals surface area contributed by atoms with E-state index < -0.39 is 0 Å². The van der Waals surface area contributed by atoms with Crippen molar-refractivity contribution in [2.75, 3.05) is 50.7 Å². The van der Waals surface area contributed by atoms with Gasteiger partial charge in [-0.05, 0) is 25.0 Å². The van der Waals surface area contributed by atoms with Crippen molar-refractivity contribution in [1.29, 1.82) is 0 Å². The summed E-state index contributed by atoms with van der Waals surface area (Å²) in [6.07, 6.45) is 2.79. The highest BCUT2D eigenvalue weighted by molar-refractivity contribution is 5.85. The number of carbonyl (C=O) groups is 1. The SMILES string of the molecule is Cl.Cl.NCC1CCCN1C(=O)CCN1CCN(c2ccccc2)CC1. The molecule has 142 valence electrons. The van der Waals surface area contributed by atoms with Gasteiger partial charge in [0.2, 0.25) is 5.91 Å². The third kappa shape index (κ3) is 5.74. The maximum absolute atomic E-state index is 12.4. The number of halogens is 2. The van der Waals surface area contributed by atoms with Crippen LogP contribution < -0.4 is 10.6 Å². The van der Waals surface area contributed by atoms with Crippen molar-refractivity contribution in [3.8, 4) is 0 Å². The molecule has 1 atom stereocenters. The second kappa shape index (κ2) is 10.9. The minimum Gasteiger partial charge on any atom is -0.369 e. The summed E-state index contributed by atoms with van der Waals surface area (Å²) >= 11 is 0. The molecule has 0 spiro atoms. The number of hydrogen-bond donors (Lipinski definition) is 1. The Bertz CT molecular complexity index is 509. The molecule has 3 rings (SSSR count). The van der Waals surface area contributed by atoms with Gasteiger partial charge in [-0.15, -0.1) is 24.8 Å². The van der Waals surface area contributed by atoms with E-state index in [1.54, 1.807) is 0 Å². The van der Waals surface area contributed by atoms with Crippen molar-refractivity contribution < 1.29 is 4.79 Å². The lowest BCUT2D eigenvalue weighted by Crippen LogP contribution is -2.48. The first kappa shape index (κ1) is 22.0. The lowest BCUT2D eigenvalue weighted by Gasteiger charge is -2.36. The molecular formula is C18H30Cl2N4O. The molecule has 2 fully saturated rings. The number of anilines is 1. The highest BCUT2D eigenvalue weighted by atomic mass is 35.5. The van der Waals surface area contributed by atoms with E-state index >= 15 is 0 Å².